The molecule has 0 aromatic heterocycles. The lowest BCUT2D eigenvalue weighted by Gasteiger charge is -2.22. The summed E-state index contributed by atoms with van der Waals surface area (Å²) in [5, 5.41) is 2.58. The minimum absolute atomic E-state index is 0.00821. The van der Waals surface area contributed by atoms with E-state index in [9.17, 15) is 18.0 Å². The van der Waals surface area contributed by atoms with Crippen LogP contribution in [-0.2, 0) is 39.1 Å². The van der Waals surface area contributed by atoms with Crippen LogP contribution in [0.25, 0.3) is 0 Å². The number of Topliss-reactive ketones (excluding diaryl/α,β-unsaturated/α-hetero) is 1. The SMILES string of the molecule is O=C1Nc2c(cc(S(=O)(=O)NOCc3ccccc3)c3c2CCCC3)C1=O. The van der Waals surface area contributed by atoms with E-state index in [4.69, 9.17) is 4.84 Å². The van der Waals surface area contributed by atoms with Crippen molar-refractivity contribution < 1.29 is 22.8 Å². The highest BCUT2D eigenvalue weighted by Crippen LogP contribution is 2.38. The molecule has 1 aliphatic heterocycles. The molecular weight excluding hydrogens is 368 g/mol. The number of carbonyl (C=O) groups excluding carboxylic acids is 2. The third kappa shape index (κ3) is 3.27. The first kappa shape index (κ1) is 17.8. The number of anilines is 1. The third-order valence-electron chi connectivity index (χ3n) is 4.84. The van der Waals surface area contributed by atoms with Crippen LogP contribution < -0.4 is 10.2 Å². The lowest BCUT2D eigenvalue weighted by Crippen LogP contribution is -2.26. The number of fused-ring (bicyclic) bond motifs is 3. The number of carbonyl (C=O) groups is 2. The van der Waals surface area contributed by atoms with Crippen LogP contribution in [0.3, 0.4) is 0 Å². The van der Waals surface area contributed by atoms with Gasteiger partial charge in [-0.15, -0.1) is 0 Å². The Balaban J connectivity index is 1.66. The zero-order chi connectivity index (χ0) is 19.0. The Kier molecular flexibility index (Phi) is 4.55. The van der Waals surface area contributed by atoms with Crippen molar-refractivity contribution in [3.05, 3.63) is 58.7 Å². The average molecular weight is 386 g/mol. The molecule has 2 aromatic carbocycles. The van der Waals surface area contributed by atoms with Gasteiger partial charge in [-0.05, 0) is 48.4 Å². The molecule has 0 unspecified atom stereocenters. The molecular formula is C19H18N2O5S. The molecule has 2 N–H and O–H groups in total. The molecule has 4 rings (SSSR count). The smallest absolute Gasteiger partial charge is 0.296 e. The zero-order valence-electron chi connectivity index (χ0n) is 14.4. The van der Waals surface area contributed by atoms with Crippen LogP contribution in [-0.4, -0.2) is 20.1 Å². The summed E-state index contributed by atoms with van der Waals surface area (Å²) in [6, 6.07) is 10.5. The highest BCUT2D eigenvalue weighted by molar-refractivity contribution is 7.89. The quantitative estimate of drug-likeness (QED) is 0.605. The second-order valence-corrected chi connectivity index (χ2v) is 8.22. The molecule has 0 saturated carbocycles. The first-order chi connectivity index (χ1) is 13.0. The average Bonchev–Trinajstić information content (AvgIpc) is 2.96. The van der Waals surface area contributed by atoms with Crippen molar-refractivity contribution in [3.8, 4) is 0 Å². The molecule has 0 atom stereocenters. The van der Waals surface area contributed by atoms with Gasteiger partial charge in [0.15, 0.2) is 0 Å². The van der Waals surface area contributed by atoms with E-state index in [1.54, 1.807) is 0 Å². The fourth-order valence-corrected chi connectivity index (χ4v) is 4.70. The van der Waals surface area contributed by atoms with Gasteiger partial charge in [0, 0.05) is 0 Å². The minimum Gasteiger partial charge on any atom is -0.318 e. The number of rotatable bonds is 5. The highest BCUT2D eigenvalue weighted by atomic mass is 32.2. The largest absolute Gasteiger partial charge is 0.318 e. The van der Waals surface area contributed by atoms with Gasteiger partial charge < -0.3 is 5.32 Å². The fraction of sp³-hybridized carbons (Fsp3) is 0.263. The van der Waals surface area contributed by atoms with Crippen molar-refractivity contribution in [2.75, 3.05) is 5.32 Å². The molecule has 1 heterocycles. The first-order valence-corrected chi connectivity index (χ1v) is 10.2. The van der Waals surface area contributed by atoms with E-state index in [0.717, 1.165) is 24.0 Å². The number of amides is 1. The summed E-state index contributed by atoms with van der Waals surface area (Å²) in [7, 11) is -4.00. The Bertz CT molecular complexity index is 1030. The fourth-order valence-electron chi connectivity index (χ4n) is 3.57. The van der Waals surface area contributed by atoms with E-state index in [1.165, 1.54) is 6.07 Å². The van der Waals surface area contributed by atoms with Crippen LogP contribution in [0.15, 0.2) is 41.3 Å². The Hall–Kier alpha value is -2.55. The molecule has 140 valence electrons. The van der Waals surface area contributed by atoms with Crippen molar-refractivity contribution in [1.29, 1.82) is 0 Å². The molecule has 0 fully saturated rings. The maximum absolute atomic E-state index is 12.8. The van der Waals surface area contributed by atoms with E-state index in [0.29, 0.717) is 24.1 Å². The summed E-state index contributed by atoms with van der Waals surface area (Å²) in [5.41, 5.74) is 2.78. The number of benzene rings is 2. The third-order valence-corrected chi connectivity index (χ3v) is 6.12. The van der Waals surface area contributed by atoms with Gasteiger partial charge >= 0.3 is 0 Å². The summed E-state index contributed by atoms with van der Waals surface area (Å²) in [6.07, 6.45) is 2.92. The molecule has 2 aromatic rings. The van der Waals surface area contributed by atoms with Crippen molar-refractivity contribution in [2.45, 2.75) is 37.2 Å². The monoisotopic (exact) mass is 386 g/mol. The predicted octanol–water partition coefficient (Wildman–Crippen LogP) is 2.11. The maximum Gasteiger partial charge on any atom is 0.296 e. The van der Waals surface area contributed by atoms with E-state index < -0.39 is 21.7 Å². The molecule has 0 saturated heterocycles. The molecule has 0 spiro atoms. The van der Waals surface area contributed by atoms with Crippen molar-refractivity contribution in [2.24, 2.45) is 0 Å². The van der Waals surface area contributed by atoms with Gasteiger partial charge in [-0.2, -0.15) is 0 Å². The van der Waals surface area contributed by atoms with Crippen LogP contribution in [0.1, 0.15) is 39.9 Å². The first-order valence-electron chi connectivity index (χ1n) is 8.69. The summed E-state index contributed by atoms with van der Waals surface area (Å²) in [5.74, 6) is -1.43. The van der Waals surface area contributed by atoms with Gasteiger partial charge in [-0.3, -0.25) is 14.4 Å². The van der Waals surface area contributed by atoms with Gasteiger partial charge in [0.2, 0.25) is 0 Å². The van der Waals surface area contributed by atoms with Gasteiger partial charge in [0.25, 0.3) is 21.7 Å². The maximum atomic E-state index is 12.8. The topological polar surface area (TPSA) is 102 Å². The number of hydrogen-bond donors (Lipinski definition) is 2. The summed E-state index contributed by atoms with van der Waals surface area (Å²) < 4.78 is 25.7. The van der Waals surface area contributed by atoms with Gasteiger partial charge in [0.1, 0.15) is 0 Å². The molecule has 0 bridgehead atoms. The Labute approximate surface area is 156 Å². The molecule has 0 radical (unpaired) electrons. The standard InChI is InChI=1S/C19H18N2O5S/c22-18-15-10-16(13-8-4-5-9-14(13)17(15)20-19(18)23)27(24,25)21-26-11-12-6-2-1-3-7-12/h1-3,6-7,10,21H,4-5,8-9,11H2,(H,20,22,23). The summed E-state index contributed by atoms with van der Waals surface area (Å²) in [6.45, 7) is 0.0756. The van der Waals surface area contributed by atoms with E-state index in [-0.39, 0.29) is 17.1 Å². The van der Waals surface area contributed by atoms with Crippen LogP contribution in [0, 0.1) is 0 Å². The zero-order valence-corrected chi connectivity index (χ0v) is 15.3. The van der Waals surface area contributed by atoms with Gasteiger partial charge in [0.05, 0.1) is 22.8 Å². The number of nitrogens with one attached hydrogen (secondary N) is 2. The second-order valence-electron chi connectivity index (χ2n) is 6.61. The van der Waals surface area contributed by atoms with E-state index in [2.05, 4.69) is 10.2 Å². The van der Waals surface area contributed by atoms with Gasteiger partial charge in [-0.1, -0.05) is 35.2 Å². The Morgan fingerprint density at radius 2 is 1.74 bits per heavy atom. The Morgan fingerprint density at radius 1 is 1.04 bits per heavy atom. The van der Waals surface area contributed by atoms with E-state index in [1.807, 2.05) is 30.3 Å². The summed E-state index contributed by atoms with van der Waals surface area (Å²) >= 11 is 0. The predicted molar refractivity (Wildman–Crippen MR) is 97.6 cm³/mol. The molecule has 7 nitrogen and oxygen atoms in total. The van der Waals surface area contributed by atoms with Crippen LogP contribution in [0.4, 0.5) is 5.69 Å². The molecule has 27 heavy (non-hydrogen) atoms. The van der Waals surface area contributed by atoms with Crippen LogP contribution >= 0.6 is 0 Å². The lowest BCUT2D eigenvalue weighted by atomic mass is 9.88. The highest BCUT2D eigenvalue weighted by Gasteiger charge is 2.35. The van der Waals surface area contributed by atoms with Crippen molar-refractivity contribution in [1.82, 2.24) is 4.89 Å². The Morgan fingerprint density at radius 3 is 2.48 bits per heavy atom. The van der Waals surface area contributed by atoms with Crippen molar-refractivity contribution in [3.63, 3.8) is 0 Å². The lowest BCUT2D eigenvalue weighted by molar-refractivity contribution is -0.112. The van der Waals surface area contributed by atoms with Crippen molar-refractivity contribution >= 4 is 27.4 Å². The second kappa shape index (κ2) is 6.88. The molecule has 1 amide bonds. The van der Waals surface area contributed by atoms with E-state index >= 15 is 0 Å². The number of hydrogen-bond acceptors (Lipinski definition) is 5. The number of ketones is 1. The molecule has 1 aliphatic carbocycles. The number of sulfonamides is 1. The minimum atomic E-state index is -4.00. The summed E-state index contributed by atoms with van der Waals surface area (Å²) in [4.78, 5) is 31.2. The van der Waals surface area contributed by atoms with Crippen LogP contribution in [0.2, 0.25) is 0 Å². The van der Waals surface area contributed by atoms with Crippen LogP contribution in [0.5, 0.6) is 0 Å². The normalized spacial score (nSPS) is 16.0. The van der Waals surface area contributed by atoms with Gasteiger partial charge in [-0.25, -0.2) is 8.42 Å². The molecule has 8 heteroatoms. The molecule has 2 aliphatic rings.